The summed E-state index contributed by atoms with van der Waals surface area (Å²) in [5, 5.41) is 6.20. The molecule has 7 nitrogen and oxygen atoms in total. The molecular formula is C25H23FN2O5. The molecule has 8 heteroatoms. The van der Waals surface area contributed by atoms with Crippen LogP contribution in [0.15, 0.2) is 72.1 Å². The van der Waals surface area contributed by atoms with Crippen molar-refractivity contribution in [3.8, 4) is 0 Å². The number of benzene rings is 2. The van der Waals surface area contributed by atoms with Crippen LogP contribution in [0.25, 0.3) is 0 Å². The standard InChI is InChI=1S/C25H23FN2O5/c1-25(2)32-23(30)20(24(31)33-25)14-27-21-5-3-4-6-22(21)28-18-11-16(12-19(29)13-18)15-7-9-17(26)10-8-15/h3-10,13-14,16,27-28H,11-12H2,1-2H3. The van der Waals surface area contributed by atoms with Crippen LogP contribution < -0.4 is 10.6 Å². The van der Waals surface area contributed by atoms with Crippen LogP contribution in [0.2, 0.25) is 0 Å². The lowest BCUT2D eigenvalue weighted by atomic mass is 9.85. The number of hydrogen-bond acceptors (Lipinski definition) is 7. The summed E-state index contributed by atoms with van der Waals surface area (Å²) in [6.07, 6.45) is 3.72. The average molecular weight is 450 g/mol. The minimum Gasteiger partial charge on any atom is -0.419 e. The fraction of sp³-hybridized carbons (Fsp3) is 0.240. The summed E-state index contributed by atoms with van der Waals surface area (Å²) in [5.74, 6) is -3.29. The zero-order valence-electron chi connectivity index (χ0n) is 18.2. The molecule has 170 valence electrons. The van der Waals surface area contributed by atoms with E-state index in [0.717, 1.165) is 5.56 Å². The van der Waals surface area contributed by atoms with E-state index in [1.54, 1.807) is 36.4 Å². The summed E-state index contributed by atoms with van der Waals surface area (Å²) in [6.45, 7) is 2.95. The molecule has 2 aromatic rings. The van der Waals surface area contributed by atoms with Crippen LogP contribution in [0.1, 0.15) is 38.2 Å². The minimum atomic E-state index is -1.31. The van der Waals surface area contributed by atoms with Gasteiger partial charge in [-0.3, -0.25) is 4.79 Å². The highest BCUT2D eigenvalue weighted by molar-refractivity contribution is 6.15. The molecule has 1 fully saturated rings. The second-order valence-electron chi connectivity index (χ2n) is 8.34. The lowest BCUT2D eigenvalue weighted by Crippen LogP contribution is -2.42. The molecule has 1 aliphatic carbocycles. The largest absolute Gasteiger partial charge is 0.419 e. The molecule has 0 radical (unpaired) electrons. The second-order valence-corrected chi connectivity index (χ2v) is 8.34. The average Bonchev–Trinajstić information content (AvgIpc) is 2.73. The lowest BCUT2D eigenvalue weighted by molar-refractivity contribution is -0.222. The number of esters is 2. The van der Waals surface area contributed by atoms with Crippen molar-refractivity contribution >= 4 is 29.1 Å². The molecule has 2 aromatic carbocycles. The smallest absolute Gasteiger partial charge is 0.350 e. The molecule has 0 spiro atoms. The Labute approximate surface area is 190 Å². The Hall–Kier alpha value is -3.94. The van der Waals surface area contributed by atoms with Crippen LogP contribution >= 0.6 is 0 Å². The predicted molar refractivity (Wildman–Crippen MR) is 119 cm³/mol. The number of rotatable bonds is 5. The van der Waals surface area contributed by atoms with Crippen LogP contribution in [-0.4, -0.2) is 23.5 Å². The van der Waals surface area contributed by atoms with Gasteiger partial charge in [-0.05, 0) is 42.2 Å². The van der Waals surface area contributed by atoms with Gasteiger partial charge < -0.3 is 20.1 Å². The van der Waals surface area contributed by atoms with Gasteiger partial charge in [0, 0.05) is 38.2 Å². The highest BCUT2D eigenvalue weighted by atomic mass is 19.1. The normalized spacial score (nSPS) is 19.8. The summed E-state index contributed by atoms with van der Waals surface area (Å²) < 4.78 is 23.5. The van der Waals surface area contributed by atoms with Gasteiger partial charge in [0.1, 0.15) is 5.82 Å². The molecule has 1 saturated heterocycles. The van der Waals surface area contributed by atoms with Crippen molar-refractivity contribution in [2.45, 2.75) is 38.4 Å². The first-order valence-corrected chi connectivity index (χ1v) is 10.5. The van der Waals surface area contributed by atoms with Crippen LogP contribution in [0.5, 0.6) is 0 Å². The lowest BCUT2D eigenvalue weighted by Gasteiger charge is -2.29. The zero-order chi connectivity index (χ0) is 23.6. The molecule has 4 rings (SSSR count). The Balaban J connectivity index is 1.51. The third-order valence-electron chi connectivity index (χ3n) is 5.30. The fourth-order valence-corrected chi connectivity index (χ4v) is 3.77. The van der Waals surface area contributed by atoms with E-state index in [2.05, 4.69) is 10.6 Å². The number of ether oxygens (including phenoxy) is 2. The van der Waals surface area contributed by atoms with Crippen molar-refractivity contribution < 1.29 is 28.2 Å². The van der Waals surface area contributed by atoms with Gasteiger partial charge in [0.2, 0.25) is 0 Å². The Morgan fingerprint density at radius 3 is 2.24 bits per heavy atom. The Morgan fingerprint density at radius 1 is 0.939 bits per heavy atom. The maximum Gasteiger partial charge on any atom is 0.350 e. The fourth-order valence-electron chi connectivity index (χ4n) is 3.77. The van der Waals surface area contributed by atoms with Gasteiger partial charge in [0.05, 0.1) is 11.4 Å². The third-order valence-corrected chi connectivity index (χ3v) is 5.30. The summed E-state index contributed by atoms with van der Waals surface area (Å²) in [5.41, 5.74) is 2.57. The molecule has 0 saturated carbocycles. The van der Waals surface area contributed by atoms with Crippen molar-refractivity contribution in [3.63, 3.8) is 0 Å². The van der Waals surface area contributed by atoms with Crippen LogP contribution in [0.3, 0.4) is 0 Å². The number of allylic oxidation sites excluding steroid dienone is 2. The monoisotopic (exact) mass is 450 g/mol. The number of carbonyl (C=O) groups excluding carboxylic acids is 3. The first kappa shape index (κ1) is 22.3. The van der Waals surface area contributed by atoms with E-state index >= 15 is 0 Å². The summed E-state index contributed by atoms with van der Waals surface area (Å²) in [7, 11) is 0. The SMILES string of the molecule is CC1(C)OC(=O)C(=CNc2ccccc2NC2=CC(=O)CC(c3ccc(F)cc3)C2)C(=O)O1. The highest BCUT2D eigenvalue weighted by Crippen LogP contribution is 2.33. The van der Waals surface area contributed by atoms with Crippen LogP contribution in [-0.2, 0) is 23.9 Å². The first-order valence-electron chi connectivity index (χ1n) is 10.5. The minimum absolute atomic E-state index is 0.0269. The number of nitrogens with one attached hydrogen (secondary N) is 2. The quantitative estimate of drug-likeness (QED) is 0.396. The summed E-state index contributed by atoms with van der Waals surface area (Å²) in [4.78, 5) is 36.6. The molecule has 2 N–H and O–H groups in total. The third kappa shape index (κ3) is 5.28. The number of hydrogen-bond donors (Lipinski definition) is 2. The van der Waals surface area contributed by atoms with E-state index in [1.807, 2.05) is 6.07 Å². The van der Waals surface area contributed by atoms with E-state index in [1.165, 1.54) is 32.2 Å². The summed E-state index contributed by atoms with van der Waals surface area (Å²) >= 11 is 0. The zero-order valence-corrected chi connectivity index (χ0v) is 18.2. The number of carbonyl (C=O) groups is 3. The van der Waals surface area contributed by atoms with E-state index in [9.17, 15) is 18.8 Å². The number of cyclic esters (lactones) is 2. The second kappa shape index (κ2) is 8.90. The van der Waals surface area contributed by atoms with Crippen molar-refractivity contribution in [1.82, 2.24) is 0 Å². The van der Waals surface area contributed by atoms with Gasteiger partial charge in [0.25, 0.3) is 5.79 Å². The topological polar surface area (TPSA) is 93.7 Å². The molecule has 1 unspecified atom stereocenters. The van der Waals surface area contributed by atoms with Crippen molar-refractivity contribution in [2.75, 3.05) is 10.6 Å². The van der Waals surface area contributed by atoms with E-state index in [0.29, 0.717) is 29.9 Å². The first-order chi connectivity index (χ1) is 15.7. The van der Waals surface area contributed by atoms with Crippen molar-refractivity contribution in [1.29, 1.82) is 0 Å². The van der Waals surface area contributed by atoms with Crippen molar-refractivity contribution in [3.05, 3.63) is 83.5 Å². The molecule has 0 aromatic heterocycles. The van der Waals surface area contributed by atoms with Gasteiger partial charge >= 0.3 is 11.9 Å². The van der Waals surface area contributed by atoms with Gasteiger partial charge in [0.15, 0.2) is 11.4 Å². The van der Waals surface area contributed by atoms with Crippen molar-refractivity contribution in [2.24, 2.45) is 0 Å². The highest BCUT2D eigenvalue weighted by Gasteiger charge is 2.39. The predicted octanol–water partition coefficient (Wildman–Crippen LogP) is 4.40. The molecule has 0 bridgehead atoms. The maximum absolute atomic E-state index is 13.3. The molecule has 0 amide bonds. The van der Waals surface area contributed by atoms with Gasteiger partial charge in [-0.1, -0.05) is 24.3 Å². The van der Waals surface area contributed by atoms with E-state index in [4.69, 9.17) is 9.47 Å². The Bertz CT molecular complexity index is 1150. The molecular weight excluding hydrogens is 427 g/mol. The van der Waals surface area contributed by atoms with Crippen LogP contribution in [0, 0.1) is 5.82 Å². The maximum atomic E-state index is 13.3. The molecule has 1 aliphatic heterocycles. The molecule has 33 heavy (non-hydrogen) atoms. The molecule has 2 aliphatic rings. The van der Waals surface area contributed by atoms with Gasteiger partial charge in [-0.15, -0.1) is 0 Å². The molecule has 1 heterocycles. The number of ketones is 1. The Morgan fingerprint density at radius 2 is 1.58 bits per heavy atom. The molecule has 1 atom stereocenters. The number of anilines is 2. The van der Waals surface area contributed by atoms with Gasteiger partial charge in [-0.2, -0.15) is 0 Å². The summed E-state index contributed by atoms with van der Waals surface area (Å²) in [6, 6.07) is 13.3. The Kier molecular flexibility index (Phi) is 6.00. The van der Waals surface area contributed by atoms with Gasteiger partial charge in [-0.25, -0.2) is 14.0 Å². The van der Waals surface area contributed by atoms with E-state index < -0.39 is 17.7 Å². The number of halogens is 1. The van der Waals surface area contributed by atoms with E-state index in [-0.39, 0.29) is 23.1 Å². The number of para-hydroxylation sites is 2. The van der Waals surface area contributed by atoms with Crippen LogP contribution in [0.4, 0.5) is 15.8 Å².